The predicted molar refractivity (Wildman–Crippen MR) is 99.1 cm³/mol. The molecule has 0 bridgehead atoms. The molecule has 3 rings (SSSR count). The predicted octanol–water partition coefficient (Wildman–Crippen LogP) is 2.86. The number of nitrogens with zero attached hydrogens (tertiary/aromatic N) is 2. The molecule has 0 radical (unpaired) electrons. The minimum absolute atomic E-state index is 0.00893. The van der Waals surface area contributed by atoms with Gasteiger partial charge in [-0.2, -0.15) is 5.10 Å². The first kappa shape index (κ1) is 19.9. The summed E-state index contributed by atoms with van der Waals surface area (Å²) in [5.74, 6) is 1.40. The van der Waals surface area contributed by atoms with Crippen LogP contribution in [0.1, 0.15) is 16.1 Å². The molecule has 148 valence electrons. The van der Waals surface area contributed by atoms with Gasteiger partial charge >= 0.3 is 6.36 Å². The topological polar surface area (TPSA) is 73.2 Å². The van der Waals surface area contributed by atoms with Crippen LogP contribution in [0.5, 0.6) is 5.75 Å². The molecule has 0 aliphatic heterocycles. The average Bonchev–Trinajstić information content (AvgIpc) is 2.68. The Morgan fingerprint density at radius 1 is 1.14 bits per heavy atom. The summed E-state index contributed by atoms with van der Waals surface area (Å²) in [5.41, 5.74) is 0.232. The van der Waals surface area contributed by atoms with Crippen LogP contribution >= 0.6 is 0 Å². The maximum atomic E-state index is 12.4. The minimum atomic E-state index is -4.81. The highest BCUT2D eigenvalue weighted by molar-refractivity contribution is 5.94. The first-order valence-corrected chi connectivity index (χ1v) is 8.34. The van der Waals surface area contributed by atoms with Crippen molar-refractivity contribution in [3.63, 3.8) is 0 Å². The number of hydrogen-bond donors (Lipinski definition) is 1. The van der Waals surface area contributed by atoms with Crippen LogP contribution in [0, 0.1) is 12.3 Å². The van der Waals surface area contributed by atoms with Gasteiger partial charge < -0.3 is 10.1 Å². The molecule has 1 aromatic heterocycles. The molecule has 0 saturated carbocycles. The van der Waals surface area contributed by atoms with Gasteiger partial charge in [0, 0.05) is 10.9 Å². The minimum Gasteiger partial charge on any atom is -0.406 e. The van der Waals surface area contributed by atoms with E-state index in [0.29, 0.717) is 16.5 Å². The lowest BCUT2D eigenvalue weighted by Crippen LogP contribution is -2.28. The van der Waals surface area contributed by atoms with E-state index >= 15 is 0 Å². The number of carbonyl (C=O) groups is 1. The van der Waals surface area contributed by atoms with Gasteiger partial charge in [0.2, 0.25) is 0 Å². The molecule has 0 fully saturated rings. The number of nitrogens with one attached hydrogen (secondary N) is 1. The molecule has 6 nitrogen and oxygen atoms in total. The number of terminal acetylenes is 1. The van der Waals surface area contributed by atoms with E-state index in [-0.39, 0.29) is 24.2 Å². The van der Waals surface area contributed by atoms with E-state index in [1.165, 1.54) is 12.1 Å². The van der Waals surface area contributed by atoms with Gasteiger partial charge in [0.1, 0.15) is 12.3 Å². The SMILES string of the molecule is C#CCn1nc(CNC(=O)c2ccc(OC(F)(F)F)cc2)c2ccccc2c1=O. The van der Waals surface area contributed by atoms with Crippen LogP contribution in [-0.2, 0) is 13.1 Å². The average molecular weight is 401 g/mol. The molecule has 1 heterocycles. The van der Waals surface area contributed by atoms with Crippen LogP contribution in [0.25, 0.3) is 10.8 Å². The molecule has 3 aromatic rings. The van der Waals surface area contributed by atoms with Gasteiger partial charge in [0.05, 0.1) is 17.6 Å². The zero-order valence-electron chi connectivity index (χ0n) is 14.9. The molecule has 0 atom stereocenters. The second-order valence-electron chi connectivity index (χ2n) is 5.91. The van der Waals surface area contributed by atoms with Crippen LogP contribution in [-0.4, -0.2) is 22.1 Å². The maximum absolute atomic E-state index is 12.4. The number of halogens is 3. The van der Waals surface area contributed by atoms with Gasteiger partial charge in [0.15, 0.2) is 0 Å². The Hall–Kier alpha value is -3.80. The van der Waals surface area contributed by atoms with Crippen molar-refractivity contribution in [2.75, 3.05) is 0 Å². The number of alkyl halides is 3. The molecule has 0 aliphatic rings. The summed E-state index contributed by atoms with van der Waals surface area (Å²) in [4.78, 5) is 24.7. The highest BCUT2D eigenvalue weighted by Gasteiger charge is 2.31. The zero-order valence-corrected chi connectivity index (χ0v) is 14.9. The number of ether oxygens (including phenoxy) is 1. The van der Waals surface area contributed by atoms with E-state index in [4.69, 9.17) is 6.42 Å². The third-order valence-corrected chi connectivity index (χ3v) is 3.95. The Morgan fingerprint density at radius 3 is 2.41 bits per heavy atom. The largest absolute Gasteiger partial charge is 0.573 e. The molecule has 9 heteroatoms. The second kappa shape index (κ2) is 8.06. The van der Waals surface area contributed by atoms with E-state index in [0.717, 1.165) is 16.8 Å². The number of benzene rings is 2. The third kappa shape index (κ3) is 4.73. The standard InChI is InChI=1S/C20H14F3N3O3/c1-2-11-26-19(28)16-6-4-3-5-15(16)17(25-26)12-24-18(27)13-7-9-14(10-8-13)29-20(21,22)23/h1,3-10H,11-12H2,(H,24,27). The van der Waals surface area contributed by atoms with E-state index < -0.39 is 18.0 Å². The summed E-state index contributed by atoms with van der Waals surface area (Å²) in [6, 6.07) is 11.3. The Bertz CT molecular complexity index is 1150. The number of amides is 1. The van der Waals surface area contributed by atoms with Gasteiger partial charge in [0.25, 0.3) is 11.5 Å². The molecule has 0 saturated heterocycles. The summed E-state index contributed by atoms with van der Waals surface area (Å²) in [5, 5.41) is 7.83. The summed E-state index contributed by atoms with van der Waals surface area (Å²) in [6.07, 6.45) is 0.465. The van der Waals surface area contributed by atoms with Crippen molar-refractivity contribution >= 4 is 16.7 Å². The highest BCUT2D eigenvalue weighted by Crippen LogP contribution is 2.22. The Labute approximate surface area is 162 Å². The molecule has 0 spiro atoms. The van der Waals surface area contributed by atoms with Crippen molar-refractivity contribution in [1.82, 2.24) is 15.1 Å². The fourth-order valence-electron chi connectivity index (χ4n) is 2.70. The zero-order chi connectivity index (χ0) is 21.0. The highest BCUT2D eigenvalue weighted by atomic mass is 19.4. The smallest absolute Gasteiger partial charge is 0.406 e. The number of aromatic nitrogens is 2. The fraction of sp³-hybridized carbons (Fsp3) is 0.150. The van der Waals surface area contributed by atoms with Crippen LogP contribution in [0.2, 0.25) is 0 Å². The van der Waals surface area contributed by atoms with Crippen LogP contribution in [0.4, 0.5) is 13.2 Å². The lowest BCUT2D eigenvalue weighted by Gasteiger charge is -2.11. The normalized spacial score (nSPS) is 11.1. The molecule has 0 unspecified atom stereocenters. The summed E-state index contributed by atoms with van der Waals surface area (Å²) in [6.45, 7) is -0.0315. The Balaban J connectivity index is 1.80. The van der Waals surface area contributed by atoms with Gasteiger partial charge in [-0.3, -0.25) is 9.59 Å². The molecule has 0 aliphatic carbocycles. The monoisotopic (exact) mass is 401 g/mol. The van der Waals surface area contributed by atoms with Crippen molar-refractivity contribution in [2.45, 2.75) is 19.5 Å². The quantitative estimate of drug-likeness (QED) is 0.668. The van der Waals surface area contributed by atoms with Crippen LogP contribution in [0.15, 0.2) is 53.3 Å². The summed E-state index contributed by atoms with van der Waals surface area (Å²) < 4.78 is 41.5. The molecule has 1 amide bonds. The number of hydrogen-bond acceptors (Lipinski definition) is 4. The number of fused-ring (bicyclic) bond motifs is 1. The van der Waals surface area contributed by atoms with E-state index in [1.807, 2.05) is 0 Å². The van der Waals surface area contributed by atoms with E-state index in [1.54, 1.807) is 24.3 Å². The van der Waals surface area contributed by atoms with Crippen molar-refractivity contribution in [2.24, 2.45) is 0 Å². The van der Waals surface area contributed by atoms with Crippen LogP contribution in [0.3, 0.4) is 0 Å². The van der Waals surface area contributed by atoms with Gasteiger partial charge in [-0.1, -0.05) is 24.1 Å². The first-order valence-electron chi connectivity index (χ1n) is 8.34. The van der Waals surface area contributed by atoms with Crippen molar-refractivity contribution in [3.8, 4) is 18.1 Å². The maximum Gasteiger partial charge on any atom is 0.573 e. The van der Waals surface area contributed by atoms with Gasteiger partial charge in [-0.15, -0.1) is 19.6 Å². The molecule has 2 aromatic carbocycles. The van der Waals surface area contributed by atoms with Crippen LogP contribution < -0.4 is 15.6 Å². The van der Waals surface area contributed by atoms with Gasteiger partial charge in [-0.25, -0.2) is 4.68 Å². The Kier molecular flexibility index (Phi) is 5.54. The first-order chi connectivity index (χ1) is 13.8. The number of carbonyl (C=O) groups excluding carboxylic acids is 1. The lowest BCUT2D eigenvalue weighted by atomic mass is 10.1. The Morgan fingerprint density at radius 2 is 1.79 bits per heavy atom. The molecule has 1 N–H and O–H groups in total. The third-order valence-electron chi connectivity index (χ3n) is 3.95. The van der Waals surface area contributed by atoms with Crippen molar-refractivity contribution in [1.29, 1.82) is 0 Å². The fourth-order valence-corrected chi connectivity index (χ4v) is 2.70. The van der Waals surface area contributed by atoms with Gasteiger partial charge in [-0.05, 0) is 30.3 Å². The summed E-state index contributed by atoms with van der Waals surface area (Å²) >= 11 is 0. The molecular formula is C20H14F3N3O3. The van der Waals surface area contributed by atoms with Crippen molar-refractivity contribution < 1.29 is 22.7 Å². The van der Waals surface area contributed by atoms with E-state index in [9.17, 15) is 22.8 Å². The van der Waals surface area contributed by atoms with E-state index in [2.05, 4.69) is 21.1 Å². The van der Waals surface area contributed by atoms with Crippen molar-refractivity contribution in [3.05, 3.63) is 70.1 Å². The second-order valence-corrected chi connectivity index (χ2v) is 5.91. The summed E-state index contributed by atoms with van der Waals surface area (Å²) in [7, 11) is 0. The number of rotatable bonds is 5. The molecular weight excluding hydrogens is 387 g/mol. The molecule has 29 heavy (non-hydrogen) atoms. The lowest BCUT2D eigenvalue weighted by molar-refractivity contribution is -0.274.